The number of hydrogen-bond donors (Lipinski definition) is 0. The molecule has 0 spiro atoms. The van der Waals surface area contributed by atoms with Gasteiger partial charge in [0.25, 0.3) is 0 Å². The molecule has 1 unspecified atom stereocenters. The first-order valence-corrected chi connectivity index (χ1v) is 9.19. The fourth-order valence-corrected chi connectivity index (χ4v) is 3.91. The van der Waals surface area contributed by atoms with E-state index in [-0.39, 0.29) is 11.5 Å². The van der Waals surface area contributed by atoms with Gasteiger partial charge >= 0.3 is 0 Å². The average Bonchev–Trinajstić information content (AvgIpc) is 2.60. The van der Waals surface area contributed by atoms with E-state index in [9.17, 15) is 8.78 Å². The first-order chi connectivity index (χ1) is 11.5. The SMILES string of the molecule is Cc1ccc(C#CC2CC=C(C3CCC(C)CC3)CC2)c(F)c1F. The number of rotatable bonds is 1. The molecule has 2 aliphatic carbocycles. The summed E-state index contributed by atoms with van der Waals surface area (Å²) in [5.41, 5.74) is 2.12. The van der Waals surface area contributed by atoms with E-state index in [1.807, 2.05) is 0 Å². The minimum atomic E-state index is -0.814. The van der Waals surface area contributed by atoms with Gasteiger partial charge in [-0.1, -0.05) is 49.3 Å². The van der Waals surface area contributed by atoms with Crippen molar-refractivity contribution in [3.63, 3.8) is 0 Å². The van der Waals surface area contributed by atoms with E-state index in [2.05, 4.69) is 24.8 Å². The van der Waals surface area contributed by atoms with Crippen molar-refractivity contribution in [1.82, 2.24) is 0 Å². The van der Waals surface area contributed by atoms with Crippen molar-refractivity contribution in [2.45, 2.75) is 58.8 Å². The topological polar surface area (TPSA) is 0 Å². The molecule has 1 saturated carbocycles. The second-order valence-corrected chi connectivity index (χ2v) is 7.53. The second kappa shape index (κ2) is 7.51. The van der Waals surface area contributed by atoms with E-state index < -0.39 is 11.6 Å². The highest BCUT2D eigenvalue weighted by molar-refractivity contribution is 5.39. The normalized spacial score (nSPS) is 27.2. The summed E-state index contributed by atoms with van der Waals surface area (Å²) in [6.07, 6.45) is 10.8. The summed E-state index contributed by atoms with van der Waals surface area (Å²) in [5.74, 6) is 6.34. The second-order valence-electron chi connectivity index (χ2n) is 7.53. The van der Waals surface area contributed by atoms with Gasteiger partial charge in [-0.25, -0.2) is 8.78 Å². The van der Waals surface area contributed by atoms with Crippen LogP contribution in [0.5, 0.6) is 0 Å². The monoisotopic (exact) mass is 328 g/mol. The minimum Gasteiger partial charge on any atom is -0.203 e. The van der Waals surface area contributed by atoms with Crippen LogP contribution in [0.15, 0.2) is 23.8 Å². The van der Waals surface area contributed by atoms with Crippen molar-refractivity contribution in [1.29, 1.82) is 0 Å². The maximum absolute atomic E-state index is 13.9. The molecule has 2 aliphatic rings. The Hall–Kier alpha value is -1.62. The highest BCUT2D eigenvalue weighted by Gasteiger charge is 2.23. The van der Waals surface area contributed by atoms with Gasteiger partial charge in [0.15, 0.2) is 11.6 Å². The molecule has 0 N–H and O–H groups in total. The van der Waals surface area contributed by atoms with Gasteiger partial charge in [-0.15, -0.1) is 0 Å². The van der Waals surface area contributed by atoms with Gasteiger partial charge in [0.1, 0.15) is 0 Å². The standard InChI is InChI=1S/C22H26F2/c1-15-3-9-18(10-4-15)19-12-6-17(7-13-19)8-14-20-11-5-16(2)21(23)22(20)24/h5,11-12,15,17-18H,3-4,6-7,9-10,13H2,1-2H3. The maximum atomic E-state index is 13.9. The minimum absolute atomic E-state index is 0.175. The van der Waals surface area contributed by atoms with E-state index in [4.69, 9.17) is 0 Å². The summed E-state index contributed by atoms with van der Waals surface area (Å²) in [4.78, 5) is 0. The summed E-state index contributed by atoms with van der Waals surface area (Å²) >= 11 is 0. The van der Waals surface area contributed by atoms with Crippen LogP contribution in [0.3, 0.4) is 0 Å². The van der Waals surface area contributed by atoms with Crippen LogP contribution < -0.4 is 0 Å². The van der Waals surface area contributed by atoms with Gasteiger partial charge in [0.05, 0.1) is 5.56 Å². The smallest absolute Gasteiger partial charge is 0.174 e. The summed E-state index contributed by atoms with van der Waals surface area (Å²) in [6, 6.07) is 3.17. The van der Waals surface area contributed by atoms with Crippen molar-refractivity contribution < 1.29 is 8.78 Å². The fraction of sp³-hybridized carbons (Fsp3) is 0.545. The van der Waals surface area contributed by atoms with Crippen LogP contribution in [0.2, 0.25) is 0 Å². The molecule has 0 amide bonds. The van der Waals surface area contributed by atoms with Gasteiger partial charge < -0.3 is 0 Å². The number of hydrogen-bond acceptors (Lipinski definition) is 0. The van der Waals surface area contributed by atoms with Crippen LogP contribution in [0.25, 0.3) is 0 Å². The Morgan fingerprint density at radius 2 is 1.75 bits per heavy atom. The van der Waals surface area contributed by atoms with Gasteiger partial charge in [0.2, 0.25) is 0 Å². The molecular weight excluding hydrogens is 302 g/mol. The third-order valence-corrected chi connectivity index (χ3v) is 5.67. The maximum Gasteiger partial charge on any atom is 0.174 e. The zero-order chi connectivity index (χ0) is 17.1. The van der Waals surface area contributed by atoms with Crippen LogP contribution in [0, 0.1) is 48.2 Å². The summed E-state index contributed by atoms with van der Waals surface area (Å²) in [7, 11) is 0. The van der Waals surface area contributed by atoms with Crippen molar-refractivity contribution in [2.24, 2.45) is 17.8 Å². The molecule has 0 heterocycles. The van der Waals surface area contributed by atoms with Gasteiger partial charge in [-0.2, -0.15) is 0 Å². The lowest BCUT2D eigenvalue weighted by Crippen LogP contribution is -2.17. The zero-order valence-electron chi connectivity index (χ0n) is 14.7. The Bertz CT molecular complexity index is 682. The summed E-state index contributed by atoms with van der Waals surface area (Å²) < 4.78 is 27.5. The third-order valence-electron chi connectivity index (χ3n) is 5.67. The highest BCUT2D eigenvalue weighted by Crippen LogP contribution is 2.37. The van der Waals surface area contributed by atoms with Crippen molar-refractivity contribution >= 4 is 0 Å². The quantitative estimate of drug-likeness (QED) is 0.427. The van der Waals surface area contributed by atoms with Gasteiger partial charge in [-0.3, -0.25) is 0 Å². The third kappa shape index (κ3) is 3.89. The molecule has 128 valence electrons. The number of benzene rings is 1. The Kier molecular flexibility index (Phi) is 5.39. The van der Waals surface area contributed by atoms with Crippen molar-refractivity contribution in [3.8, 4) is 11.8 Å². The molecule has 0 radical (unpaired) electrons. The van der Waals surface area contributed by atoms with Crippen molar-refractivity contribution in [2.75, 3.05) is 0 Å². The molecule has 0 saturated heterocycles. The molecule has 0 nitrogen and oxygen atoms in total. The predicted molar refractivity (Wildman–Crippen MR) is 94.5 cm³/mol. The molecular formula is C22H26F2. The largest absolute Gasteiger partial charge is 0.203 e. The lowest BCUT2D eigenvalue weighted by molar-refractivity contribution is 0.310. The molecule has 1 aromatic carbocycles. The number of aryl methyl sites for hydroxylation is 1. The molecule has 1 atom stereocenters. The lowest BCUT2D eigenvalue weighted by atomic mass is 9.75. The molecule has 0 aliphatic heterocycles. The molecule has 3 rings (SSSR count). The van der Waals surface area contributed by atoms with Crippen molar-refractivity contribution in [3.05, 3.63) is 46.5 Å². The summed E-state index contributed by atoms with van der Waals surface area (Å²) in [6.45, 7) is 3.92. The van der Waals surface area contributed by atoms with E-state index in [1.165, 1.54) is 25.7 Å². The number of halogens is 2. The van der Waals surface area contributed by atoms with E-state index in [1.54, 1.807) is 24.6 Å². The van der Waals surface area contributed by atoms with E-state index in [0.717, 1.165) is 31.1 Å². The molecule has 1 aromatic rings. The Labute approximate surface area is 144 Å². The van der Waals surface area contributed by atoms with Crippen LogP contribution in [0.4, 0.5) is 8.78 Å². The predicted octanol–water partition coefficient (Wildman–Crippen LogP) is 6.18. The first kappa shape index (κ1) is 17.2. The average molecular weight is 328 g/mol. The van der Waals surface area contributed by atoms with Crippen LogP contribution in [0.1, 0.15) is 63.0 Å². The first-order valence-electron chi connectivity index (χ1n) is 9.19. The molecule has 2 heteroatoms. The Balaban J connectivity index is 1.63. The molecule has 24 heavy (non-hydrogen) atoms. The lowest BCUT2D eigenvalue weighted by Gasteiger charge is -2.30. The highest BCUT2D eigenvalue weighted by atomic mass is 19.2. The van der Waals surface area contributed by atoms with Gasteiger partial charge in [0, 0.05) is 5.92 Å². The van der Waals surface area contributed by atoms with E-state index >= 15 is 0 Å². The van der Waals surface area contributed by atoms with Crippen LogP contribution >= 0.6 is 0 Å². The fourth-order valence-electron chi connectivity index (χ4n) is 3.91. The zero-order valence-corrected chi connectivity index (χ0v) is 14.7. The molecule has 0 bridgehead atoms. The van der Waals surface area contributed by atoms with Crippen LogP contribution in [-0.2, 0) is 0 Å². The van der Waals surface area contributed by atoms with E-state index in [0.29, 0.717) is 5.56 Å². The molecule has 1 fully saturated rings. The number of allylic oxidation sites excluding steroid dienone is 2. The Morgan fingerprint density at radius 1 is 1.00 bits per heavy atom. The Morgan fingerprint density at radius 3 is 2.42 bits per heavy atom. The summed E-state index contributed by atoms with van der Waals surface area (Å²) in [5, 5.41) is 0. The van der Waals surface area contributed by atoms with Gasteiger partial charge in [-0.05, 0) is 62.5 Å². The molecule has 0 aromatic heterocycles. The van der Waals surface area contributed by atoms with Crippen LogP contribution in [-0.4, -0.2) is 0 Å².